The smallest absolute Gasteiger partial charge is 0.356 e. The fourth-order valence-electron chi connectivity index (χ4n) is 1.46. The average Bonchev–Trinajstić information content (AvgIpc) is 2.45. The molecule has 1 atom stereocenters. The van der Waals surface area contributed by atoms with Gasteiger partial charge in [-0.05, 0) is 18.6 Å². The average molecular weight is 297 g/mol. The van der Waals surface area contributed by atoms with Crippen LogP contribution in [0.4, 0.5) is 0 Å². The molecule has 0 aromatic carbocycles. The number of aromatic nitrogens is 1. The molecule has 0 aliphatic heterocycles. The molecule has 0 spiro atoms. The number of esters is 1. The number of nitriles is 1. The summed E-state index contributed by atoms with van der Waals surface area (Å²) in [6.45, 7) is 1.85. The third kappa shape index (κ3) is 4.01. The first-order valence-electron chi connectivity index (χ1n) is 5.91. The Kier molecular flexibility index (Phi) is 5.61. The predicted molar refractivity (Wildman–Crippen MR) is 70.2 cm³/mol. The van der Waals surface area contributed by atoms with Gasteiger partial charge in [0.25, 0.3) is 0 Å². The van der Waals surface area contributed by atoms with E-state index < -0.39 is 22.0 Å². The first kappa shape index (κ1) is 16.1. The largest absolute Gasteiger partial charge is 0.464 e. The minimum Gasteiger partial charge on any atom is -0.464 e. The van der Waals surface area contributed by atoms with Gasteiger partial charge < -0.3 is 4.74 Å². The Labute approximate surface area is 117 Å². The van der Waals surface area contributed by atoms with Crippen molar-refractivity contribution >= 4 is 16.0 Å². The molecule has 0 amide bonds. The molecule has 0 bridgehead atoms. The third-order valence-electron chi connectivity index (χ3n) is 2.47. The van der Waals surface area contributed by atoms with Gasteiger partial charge in [-0.1, -0.05) is 13.3 Å². The van der Waals surface area contributed by atoms with Crippen molar-refractivity contribution in [3.63, 3.8) is 0 Å². The number of carbonyl (C=O) groups excluding carboxylic acids is 1. The molecule has 0 aliphatic rings. The van der Waals surface area contributed by atoms with Crippen LogP contribution in [0.1, 0.15) is 30.3 Å². The molecular weight excluding hydrogens is 282 g/mol. The highest BCUT2D eigenvalue weighted by atomic mass is 32.2. The van der Waals surface area contributed by atoms with E-state index in [-0.39, 0.29) is 10.6 Å². The van der Waals surface area contributed by atoms with Crippen LogP contribution in [0.25, 0.3) is 0 Å². The summed E-state index contributed by atoms with van der Waals surface area (Å²) in [6.07, 6.45) is 2.15. The Morgan fingerprint density at radius 1 is 1.55 bits per heavy atom. The molecule has 0 saturated carbocycles. The monoisotopic (exact) mass is 297 g/mol. The first-order chi connectivity index (χ1) is 9.44. The predicted octanol–water partition coefficient (Wildman–Crippen LogP) is 0.839. The highest BCUT2D eigenvalue weighted by Crippen LogP contribution is 2.10. The van der Waals surface area contributed by atoms with Crippen molar-refractivity contribution in [1.82, 2.24) is 9.71 Å². The van der Waals surface area contributed by atoms with E-state index in [4.69, 9.17) is 5.26 Å². The molecule has 0 radical (unpaired) electrons. The lowest BCUT2D eigenvalue weighted by atomic mass is 10.2. The van der Waals surface area contributed by atoms with E-state index in [1.165, 1.54) is 19.2 Å². The first-order valence-corrected chi connectivity index (χ1v) is 7.39. The van der Waals surface area contributed by atoms with Gasteiger partial charge in [0, 0.05) is 6.20 Å². The van der Waals surface area contributed by atoms with E-state index in [1.54, 1.807) is 0 Å². The lowest BCUT2D eigenvalue weighted by Crippen LogP contribution is -2.33. The maximum atomic E-state index is 12.0. The van der Waals surface area contributed by atoms with Crippen LogP contribution in [-0.4, -0.2) is 32.5 Å². The number of sulfonamides is 1. The van der Waals surface area contributed by atoms with Gasteiger partial charge in [-0.25, -0.2) is 18.2 Å². The minimum atomic E-state index is -3.83. The molecule has 108 valence electrons. The summed E-state index contributed by atoms with van der Waals surface area (Å²) in [5.74, 6) is -0.650. The topological polar surface area (TPSA) is 109 Å². The van der Waals surface area contributed by atoms with Crippen LogP contribution in [0.3, 0.4) is 0 Å². The number of pyridine rings is 1. The Bertz CT molecular complexity index is 605. The Balaban J connectivity index is 2.93. The van der Waals surface area contributed by atoms with Gasteiger partial charge in [0.1, 0.15) is 16.6 Å². The number of nitrogens with zero attached hydrogens (tertiary/aromatic N) is 2. The van der Waals surface area contributed by atoms with Gasteiger partial charge in [0.2, 0.25) is 10.0 Å². The van der Waals surface area contributed by atoms with Gasteiger partial charge >= 0.3 is 5.97 Å². The van der Waals surface area contributed by atoms with Gasteiger partial charge in [-0.15, -0.1) is 0 Å². The van der Waals surface area contributed by atoms with Crippen molar-refractivity contribution in [2.75, 3.05) is 7.11 Å². The Morgan fingerprint density at radius 2 is 2.25 bits per heavy atom. The van der Waals surface area contributed by atoms with Crippen molar-refractivity contribution in [3.8, 4) is 6.07 Å². The number of hydrogen-bond donors (Lipinski definition) is 1. The van der Waals surface area contributed by atoms with E-state index >= 15 is 0 Å². The molecule has 1 aromatic rings. The van der Waals surface area contributed by atoms with Crippen LogP contribution in [0.2, 0.25) is 0 Å². The van der Waals surface area contributed by atoms with Crippen molar-refractivity contribution in [2.24, 2.45) is 0 Å². The second-order valence-corrected chi connectivity index (χ2v) is 5.68. The van der Waals surface area contributed by atoms with Crippen LogP contribution >= 0.6 is 0 Å². The fourth-order valence-corrected chi connectivity index (χ4v) is 2.58. The SMILES string of the molecule is CCC[C@@H](C#N)NS(=O)(=O)c1ccc(C(=O)OC)nc1. The highest BCUT2D eigenvalue weighted by molar-refractivity contribution is 7.89. The maximum Gasteiger partial charge on any atom is 0.356 e. The van der Waals surface area contributed by atoms with E-state index in [0.717, 1.165) is 6.20 Å². The number of ether oxygens (including phenoxy) is 1. The normalized spacial score (nSPS) is 12.4. The van der Waals surface area contributed by atoms with E-state index in [9.17, 15) is 13.2 Å². The molecule has 1 heterocycles. The number of rotatable bonds is 6. The molecule has 1 rings (SSSR count). The van der Waals surface area contributed by atoms with Crippen LogP contribution in [0, 0.1) is 11.3 Å². The van der Waals surface area contributed by atoms with Gasteiger partial charge in [-0.2, -0.15) is 9.98 Å². The molecule has 0 saturated heterocycles. The van der Waals surface area contributed by atoms with Crippen LogP contribution in [0.15, 0.2) is 23.2 Å². The van der Waals surface area contributed by atoms with E-state index in [0.29, 0.717) is 12.8 Å². The quantitative estimate of drug-likeness (QED) is 0.779. The second kappa shape index (κ2) is 6.98. The number of carbonyl (C=O) groups is 1. The van der Waals surface area contributed by atoms with E-state index in [1.807, 2.05) is 13.0 Å². The molecular formula is C12H15N3O4S. The summed E-state index contributed by atoms with van der Waals surface area (Å²) in [6, 6.07) is 3.59. The second-order valence-electron chi connectivity index (χ2n) is 3.96. The lowest BCUT2D eigenvalue weighted by molar-refractivity contribution is 0.0594. The van der Waals surface area contributed by atoms with Crippen LogP contribution in [-0.2, 0) is 14.8 Å². The molecule has 1 N–H and O–H groups in total. The molecule has 1 aromatic heterocycles. The van der Waals surface area contributed by atoms with Gasteiger partial charge in [0.05, 0.1) is 13.2 Å². The summed E-state index contributed by atoms with van der Waals surface area (Å²) >= 11 is 0. The summed E-state index contributed by atoms with van der Waals surface area (Å²) in [5, 5.41) is 8.86. The van der Waals surface area contributed by atoms with Crippen molar-refractivity contribution < 1.29 is 17.9 Å². The standard InChI is InChI=1S/C12H15N3O4S/c1-3-4-9(7-13)15-20(17,18)10-5-6-11(14-8-10)12(16)19-2/h5-6,8-9,15H,3-4H2,1-2H3/t9-/m0/s1. The third-order valence-corrected chi connectivity index (χ3v) is 3.93. The lowest BCUT2D eigenvalue weighted by Gasteiger charge is -2.11. The molecule has 7 nitrogen and oxygen atoms in total. The van der Waals surface area contributed by atoms with Gasteiger partial charge in [-0.3, -0.25) is 0 Å². The van der Waals surface area contributed by atoms with Crippen LogP contribution < -0.4 is 4.72 Å². The summed E-state index contributed by atoms with van der Waals surface area (Å²) in [4.78, 5) is 14.8. The zero-order chi connectivity index (χ0) is 15.2. The summed E-state index contributed by atoms with van der Waals surface area (Å²) in [5.41, 5.74) is 0.0110. The Hall–Kier alpha value is -1.98. The zero-order valence-electron chi connectivity index (χ0n) is 11.2. The number of nitrogens with one attached hydrogen (secondary N) is 1. The van der Waals surface area contributed by atoms with Crippen LogP contribution in [0.5, 0.6) is 0 Å². The zero-order valence-corrected chi connectivity index (χ0v) is 12.0. The minimum absolute atomic E-state index is 0.0110. The van der Waals surface area contributed by atoms with Crippen molar-refractivity contribution in [1.29, 1.82) is 5.26 Å². The molecule has 20 heavy (non-hydrogen) atoms. The highest BCUT2D eigenvalue weighted by Gasteiger charge is 2.20. The summed E-state index contributed by atoms with van der Waals surface area (Å²) in [7, 11) is -2.62. The van der Waals surface area contributed by atoms with E-state index in [2.05, 4.69) is 14.4 Å². The number of methoxy groups -OCH3 is 1. The fraction of sp³-hybridized carbons (Fsp3) is 0.417. The van der Waals surface area contributed by atoms with Gasteiger partial charge in [0.15, 0.2) is 0 Å². The molecule has 0 unspecified atom stereocenters. The molecule has 0 aliphatic carbocycles. The number of hydrogen-bond acceptors (Lipinski definition) is 6. The van der Waals surface area contributed by atoms with Crippen molar-refractivity contribution in [2.45, 2.75) is 30.7 Å². The molecule has 8 heteroatoms. The molecule has 0 fully saturated rings. The van der Waals surface area contributed by atoms with Crippen molar-refractivity contribution in [3.05, 3.63) is 24.0 Å². The Morgan fingerprint density at radius 3 is 2.70 bits per heavy atom. The maximum absolute atomic E-state index is 12.0. The summed E-state index contributed by atoms with van der Waals surface area (Å²) < 4.78 is 30.8.